The average molecular weight is 311 g/mol. The third-order valence-electron chi connectivity index (χ3n) is 3.75. The van der Waals surface area contributed by atoms with E-state index in [0.29, 0.717) is 18.4 Å². The highest BCUT2D eigenvalue weighted by atomic mass is 35.5. The smallest absolute Gasteiger partial charge is 0.0642 e. The second-order valence-corrected chi connectivity index (χ2v) is 7.05. The van der Waals surface area contributed by atoms with Crippen LogP contribution in [-0.4, -0.2) is 19.6 Å². The van der Waals surface area contributed by atoms with Crippen molar-refractivity contribution in [1.82, 2.24) is 0 Å². The summed E-state index contributed by atoms with van der Waals surface area (Å²) in [6, 6.07) is 6.18. The van der Waals surface area contributed by atoms with E-state index in [1.54, 1.807) is 0 Å². The second-order valence-electron chi connectivity index (χ2n) is 6.64. The van der Waals surface area contributed by atoms with Gasteiger partial charge in [-0.2, -0.15) is 0 Å². The number of nitrogens with two attached hydrogens (primary N) is 1. The first-order valence-corrected chi connectivity index (χ1v) is 8.55. The molecule has 0 aliphatic heterocycles. The van der Waals surface area contributed by atoms with Crippen molar-refractivity contribution in [2.45, 2.75) is 47.0 Å². The van der Waals surface area contributed by atoms with Crippen molar-refractivity contribution in [1.29, 1.82) is 0 Å². The Morgan fingerprint density at radius 1 is 1.05 bits per heavy atom. The molecule has 1 aromatic rings. The number of anilines is 1. The zero-order valence-electron chi connectivity index (χ0n) is 14.0. The SMILES string of the molecule is CC(C)CCN(CCC(C)C)c1c(Cl)cccc1CCN. The zero-order chi connectivity index (χ0) is 15.8. The molecule has 0 spiro atoms. The summed E-state index contributed by atoms with van der Waals surface area (Å²) in [4.78, 5) is 2.47. The van der Waals surface area contributed by atoms with Gasteiger partial charge in [0.2, 0.25) is 0 Å². The fourth-order valence-electron chi connectivity index (χ4n) is 2.43. The van der Waals surface area contributed by atoms with Gasteiger partial charge in [-0.15, -0.1) is 0 Å². The van der Waals surface area contributed by atoms with Crippen molar-refractivity contribution in [3.05, 3.63) is 28.8 Å². The maximum Gasteiger partial charge on any atom is 0.0642 e. The highest BCUT2D eigenvalue weighted by Gasteiger charge is 2.15. The van der Waals surface area contributed by atoms with Gasteiger partial charge in [0.25, 0.3) is 0 Å². The Balaban J connectivity index is 2.99. The number of nitrogens with zero attached hydrogens (tertiary/aromatic N) is 1. The van der Waals surface area contributed by atoms with Gasteiger partial charge in [0.1, 0.15) is 0 Å². The third-order valence-corrected chi connectivity index (χ3v) is 4.06. The summed E-state index contributed by atoms with van der Waals surface area (Å²) in [5.74, 6) is 1.40. The van der Waals surface area contributed by atoms with Gasteiger partial charge in [0, 0.05) is 13.1 Å². The van der Waals surface area contributed by atoms with Gasteiger partial charge in [0.05, 0.1) is 10.7 Å². The molecule has 0 aliphatic rings. The minimum atomic E-state index is 0.662. The van der Waals surface area contributed by atoms with Crippen molar-refractivity contribution >= 4 is 17.3 Å². The Morgan fingerprint density at radius 2 is 1.62 bits per heavy atom. The summed E-state index contributed by atoms with van der Waals surface area (Å²) < 4.78 is 0. The van der Waals surface area contributed by atoms with Crippen LogP contribution in [0.2, 0.25) is 5.02 Å². The molecule has 0 radical (unpaired) electrons. The molecule has 0 aromatic heterocycles. The maximum atomic E-state index is 6.51. The first-order chi connectivity index (χ1) is 9.95. The number of hydrogen-bond acceptors (Lipinski definition) is 2. The van der Waals surface area contributed by atoms with Crippen LogP contribution in [0.1, 0.15) is 46.1 Å². The first kappa shape index (κ1) is 18.3. The number of benzene rings is 1. The normalized spacial score (nSPS) is 11.4. The van der Waals surface area contributed by atoms with E-state index in [0.717, 1.165) is 24.5 Å². The lowest BCUT2D eigenvalue weighted by Crippen LogP contribution is -2.29. The van der Waals surface area contributed by atoms with Crippen LogP contribution in [-0.2, 0) is 6.42 Å². The molecule has 0 unspecified atom stereocenters. The Kier molecular flexibility index (Phi) is 8.13. The minimum absolute atomic E-state index is 0.662. The van der Waals surface area contributed by atoms with Crippen molar-refractivity contribution in [2.75, 3.05) is 24.5 Å². The number of halogens is 1. The molecule has 0 saturated carbocycles. The van der Waals surface area contributed by atoms with E-state index < -0.39 is 0 Å². The molecule has 0 saturated heterocycles. The Labute approximate surface area is 135 Å². The van der Waals surface area contributed by atoms with Gasteiger partial charge in [-0.05, 0) is 49.3 Å². The predicted molar refractivity (Wildman–Crippen MR) is 95.3 cm³/mol. The lowest BCUT2D eigenvalue weighted by atomic mass is 10.0. The van der Waals surface area contributed by atoms with E-state index >= 15 is 0 Å². The van der Waals surface area contributed by atoms with Crippen LogP contribution in [0, 0.1) is 11.8 Å². The van der Waals surface area contributed by atoms with Crippen LogP contribution in [0.25, 0.3) is 0 Å². The molecular weight excluding hydrogens is 280 g/mol. The topological polar surface area (TPSA) is 29.3 Å². The maximum absolute atomic E-state index is 6.51. The quantitative estimate of drug-likeness (QED) is 0.714. The molecule has 0 heterocycles. The van der Waals surface area contributed by atoms with Crippen LogP contribution in [0.5, 0.6) is 0 Å². The summed E-state index contributed by atoms with van der Waals surface area (Å²) in [5.41, 5.74) is 8.24. The van der Waals surface area contributed by atoms with Gasteiger partial charge in [-0.3, -0.25) is 0 Å². The Bertz CT molecular complexity index is 404. The van der Waals surface area contributed by atoms with Crippen molar-refractivity contribution in [2.24, 2.45) is 17.6 Å². The second kappa shape index (κ2) is 9.32. The van der Waals surface area contributed by atoms with Gasteiger partial charge in [-0.1, -0.05) is 51.4 Å². The molecule has 1 rings (SSSR count). The molecule has 3 heteroatoms. The van der Waals surface area contributed by atoms with E-state index in [1.165, 1.54) is 24.1 Å². The summed E-state index contributed by atoms with van der Waals surface area (Å²) in [6.07, 6.45) is 3.26. The van der Waals surface area contributed by atoms with Crippen LogP contribution < -0.4 is 10.6 Å². The number of para-hydroxylation sites is 1. The van der Waals surface area contributed by atoms with Crippen LogP contribution in [0.15, 0.2) is 18.2 Å². The molecule has 0 fully saturated rings. The minimum Gasteiger partial charge on any atom is -0.370 e. The van der Waals surface area contributed by atoms with Gasteiger partial charge in [-0.25, -0.2) is 0 Å². The molecule has 0 amide bonds. The highest BCUT2D eigenvalue weighted by molar-refractivity contribution is 6.33. The first-order valence-electron chi connectivity index (χ1n) is 8.18. The fourth-order valence-corrected chi connectivity index (χ4v) is 2.75. The van der Waals surface area contributed by atoms with E-state index in [9.17, 15) is 0 Å². The number of hydrogen-bond donors (Lipinski definition) is 1. The standard InChI is InChI=1S/C18H31ClN2/c1-14(2)9-12-21(13-10-15(3)4)18-16(8-11-20)6-5-7-17(18)19/h5-7,14-15H,8-13,20H2,1-4H3. The van der Waals surface area contributed by atoms with E-state index in [4.69, 9.17) is 17.3 Å². The van der Waals surface area contributed by atoms with Crippen molar-refractivity contribution in [3.8, 4) is 0 Å². The summed E-state index contributed by atoms with van der Waals surface area (Å²) in [7, 11) is 0. The molecular formula is C18H31ClN2. The molecule has 0 aliphatic carbocycles. The fraction of sp³-hybridized carbons (Fsp3) is 0.667. The molecule has 2 nitrogen and oxygen atoms in total. The molecule has 21 heavy (non-hydrogen) atoms. The summed E-state index contributed by atoms with van der Waals surface area (Å²) in [5, 5.41) is 0.855. The Morgan fingerprint density at radius 3 is 2.10 bits per heavy atom. The lowest BCUT2D eigenvalue weighted by molar-refractivity contribution is 0.534. The van der Waals surface area contributed by atoms with Crippen molar-refractivity contribution in [3.63, 3.8) is 0 Å². The molecule has 1 aromatic carbocycles. The lowest BCUT2D eigenvalue weighted by Gasteiger charge is -2.29. The van der Waals surface area contributed by atoms with E-state index in [-0.39, 0.29) is 0 Å². The summed E-state index contributed by atoms with van der Waals surface area (Å²) >= 11 is 6.51. The van der Waals surface area contributed by atoms with Crippen LogP contribution in [0.3, 0.4) is 0 Å². The van der Waals surface area contributed by atoms with Gasteiger partial charge < -0.3 is 10.6 Å². The monoisotopic (exact) mass is 310 g/mol. The van der Waals surface area contributed by atoms with Gasteiger partial charge >= 0.3 is 0 Å². The largest absolute Gasteiger partial charge is 0.370 e. The van der Waals surface area contributed by atoms with E-state index in [1.807, 2.05) is 12.1 Å². The zero-order valence-corrected chi connectivity index (χ0v) is 14.8. The van der Waals surface area contributed by atoms with Gasteiger partial charge in [0.15, 0.2) is 0 Å². The predicted octanol–water partition coefficient (Wildman–Crippen LogP) is 4.74. The number of rotatable bonds is 9. The molecule has 0 bridgehead atoms. The van der Waals surface area contributed by atoms with E-state index in [2.05, 4.69) is 38.7 Å². The van der Waals surface area contributed by atoms with Crippen molar-refractivity contribution < 1.29 is 0 Å². The third kappa shape index (κ3) is 6.27. The molecule has 120 valence electrons. The van der Waals surface area contributed by atoms with Crippen LogP contribution >= 0.6 is 11.6 Å². The summed E-state index contributed by atoms with van der Waals surface area (Å²) in [6.45, 7) is 11.9. The highest BCUT2D eigenvalue weighted by Crippen LogP contribution is 2.31. The van der Waals surface area contributed by atoms with Crippen LogP contribution in [0.4, 0.5) is 5.69 Å². The molecule has 0 atom stereocenters. The Hall–Kier alpha value is -0.730. The average Bonchev–Trinajstić information content (AvgIpc) is 2.40. The molecule has 2 N–H and O–H groups in total.